The van der Waals surface area contributed by atoms with Crippen molar-refractivity contribution in [2.75, 3.05) is 25.4 Å². The van der Waals surface area contributed by atoms with Crippen molar-refractivity contribution in [1.82, 2.24) is 20.0 Å². The van der Waals surface area contributed by atoms with Crippen molar-refractivity contribution in [3.05, 3.63) is 47.7 Å². The second-order valence-corrected chi connectivity index (χ2v) is 13.2. The Morgan fingerprint density at radius 3 is 2.45 bits per heavy atom. The largest absolute Gasteiger partial charge is 0.489 e. The molecule has 0 spiro atoms. The third-order valence-electron chi connectivity index (χ3n) is 7.33. The summed E-state index contributed by atoms with van der Waals surface area (Å²) in [5.74, 6) is -3.13. The molecule has 2 aromatic heterocycles. The molecule has 49 heavy (non-hydrogen) atoms. The van der Waals surface area contributed by atoms with E-state index in [9.17, 15) is 27.9 Å². The smallest absolute Gasteiger partial charge is 0.418 e. The summed E-state index contributed by atoms with van der Waals surface area (Å²) >= 11 is 0.959. The minimum Gasteiger partial charge on any atom is -0.489 e. The molecule has 1 unspecified atom stereocenters. The topological polar surface area (TPSA) is 281 Å². The maximum atomic E-state index is 13.2. The minimum atomic E-state index is -5.02. The molecule has 0 bridgehead atoms. The SMILES string of the molecule is CC1(C)C(NC(=O)/C(=N\O[C@@H](COc2ccc(-c3cn(CCCN)[n+](CCCN)c3)cc2)C(=O)O)c2csc(N)n2)C(=O)N1OS(=O)(=O)O. The molecular formula is C28H38N9O10S2+. The number of aromatic nitrogens is 3. The van der Waals surface area contributed by atoms with Gasteiger partial charge >= 0.3 is 16.4 Å². The first-order valence-corrected chi connectivity index (χ1v) is 17.1. The van der Waals surface area contributed by atoms with Crippen molar-refractivity contribution in [1.29, 1.82) is 0 Å². The van der Waals surface area contributed by atoms with Gasteiger partial charge in [0.05, 0.1) is 23.8 Å². The van der Waals surface area contributed by atoms with E-state index >= 15 is 0 Å². The molecule has 3 heterocycles. The number of carbonyl (C=O) groups is 3. The van der Waals surface area contributed by atoms with E-state index in [2.05, 4.69) is 29.1 Å². The normalized spacial score (nSPS) is 16.6. The second kappa shape index (κ2) is 15.7. The van der Waals surface area contributed by atoms with E-state index < -0.39 is 58.2 Å². The van der Waals surface area contributed by atoms with Crippen LogP contribution in [0.5, 0.6) is 5.75 Å². The molecule has 0 aliphatic carbocycles. The number of carboxylic acids is 1. The van der Waals surface area contributed by atoms with Crippen LogP contribution in [0, 0.1) is 0 Å². The van der Waals surface area contributed by atoms with Crippen LogP contribution in [-0.2, 0) is 47.0 Å². The fraction of sp³-hybridized carbons (Fsp3) is 0.429. The van der Waals surface area contributed by atoms with Crippen LogP contribution in [0.25, 0.3) is 11.1 Å². The van der Waals surface area contributed by atoms with Gasteiger partial charge in [0.15, 0.2) is 17.4 Å². The molecule has 2 amide bonds. The van der Waals surface area contributed by atoms with Crippen LogP contribution >= 0.6 is 11.3 Å². The lowest BCUT2D eigenvalue weighted by molar-refractivity contribution is -0.775. The summed E-state index contributed by atoms with van der Waals surface area (Å²) in [4.78, 5) is 47.0. The van der Waals surface area contributed by atoms with Crippen molar-refractivity contribution in [2.45, 2.75) is 57.5 Å². The number of carbonyl (C=O) groups excluding carboxylic acids is 2. The molecule has 4 rings (SSSR count). The average Bonchev–Trinajstić information content (AvgIpc) is 3.67. The van der Waals surface area contributed by atoms with Crippen LogP contribution in [0.3, 0.4) is 0 Å². The van der Waals surface area contributed by atoms with Crippen molar-refractivity contribution in [2.24, 2.45) is 16.6 Å². The van der Waals surface area contributed by atoms with E-state index in [0.29, 0.717) is 23.9 Å². The number of hydrogen-bond donors (Lipinski definition) is 6. The summed E-state index contributed by atoms with van der Waals surface area (Å²) in [5.41, 5.74) is 16.9. The van der Waals surface area contributed by atoms with Gasteiger partial charge in [-0.15, -0.1) is 20.3 Å². The van der Waals surface area contributed by atoms with Crippen molar-refractivity contribution in [3.63, 3.8) is 0 Å². The maximum Gasteiger partial charge on any atom is 0.418 e. The van der Waals surface area contributed by atoms with Crippen LogP contribution < -0.4 is 31.9 Å². The predicted molar refractivity (Wildman–Crippen MR) is 174 cm³/mol. The monoisotopic (exact) mass is 724 g/mol. The Morgan fingerprint density at radius 2 is 1.88 bits per heavy atom. The Kier molecular flexibility index (Phi) is 11.9. The molecule has 19 nitrogen and oxygen atoms in total. The van der Waals surface area contributed by atoms with Crippen molar-refractivity contribution < 1.29 is 51.0 Å². The van der Waals surface area contributed by atoms with E-state index in [1.165, 1.54) is 19.2 Å². The van der Waals surface area contributed by atoms with Gasteiger partial charge < -0.3 is 37.2 Å². The number of amides is 2. The number of aliphatic carboxylic acids is 1. The zero-order valence-electron chi connectivity index (χ0n) is 26.6. The number of nitrogen functional groups attached to an aromatic ring is 1. The zero-order valence-corrected chi connectivity index (χ0v) is 28.2. The molecule has 1 aliphatic heterocycles. The molecule has 9 N–H and O–H groups in total. The molecular weight excluding hydrogens is 686 g/mol. The summed E-state index contributed by atoms with van der Waals surface area (Å²) in [6, 6.07) is 5.65. The Balaban J connectivity index is 1.45. The molecule has 3 aromatic rings. The lowest BCUT2D eigenvalue weighted by Gasteiger charge is -2.50. The molecule has 1 fully saturated rings. The summed E-state index contributed by atoms with van der Waals surface area (Å²) in [7, 11) is -5.02. The number of hydrogen-bond acceptors (Lipinski definition) is 14. The van der Waals surface area contributed by atoms with Gasteiger partial charge in [0.2, 0.25) is 6.20 Å². The summed E-state index contributed by atoms with van der Waals surface area (Å²) < 4.78 is 45.3. The van der Waals surface area contributed by atoms with Gasteiger partial charge in [0.1, 0.15) is 24.1 Å². The van der Waals surface area contributed by atoms with Crippen LogP contribution in [0.1, 0.15) is 32.4 Å². The highest BCUT2D eigenvalue weighted by atomic mass is 32.3. The standard InChI is InChI=1S/C28H37N9O10S2/c1-28(2)23(25(39)37(28)47-49(42,43)44)33-24(38)22(20-16-48-27(31)32-20)34-46-21(26(40)41)15-45-19-7-5-17(6-8-19)18-13-35(11-3-9-29)36(14-18)12-4-10-30/h5-8,13-14,16,21,23H,3-4,9-12,15,29-30H2,1-2H3,(H4-,31,32,33,38,40,41,42,43,44)/p+1/b34-22-/t21-,23?/m0/s1. The summed E-state index contributed by atoms with van der Waals surface area (Å²) in [5, 5.41) is 17.7. The Bertz CT molecular complexity index is 1770. The van der Waals surface area contributed by atoms with Gasteiger partial charge in [-0.2, -0.15) is 18.2 Å². The molecule has 1 aromatic carbocycles. The molecule has 21 heteroatoms. The number of nitrogens with one attached hydrogen (secondary N) is 1. The molecule has 1 saturated heterocycles. The number of carboxylic acid groups (broad SMARTS) is 1. The van der Waals surface area contributed by atoms with E-state index in [-0.39, 0.29) is 10.8 Å². The summed E-state index contributed by atoms with van der Waals surface area (Å²) in [6.07, 6.45) is 3.98. The number of rotatable bonds is 18. The number of thiazole rings is 1. The molecule has 0 radical (unpaired) electrons. The second-order valence-electron chi connectivity index (χ2n) is 11.3. The van der Waals surface area contributed by atoms with E-state index in [0.717, 1.165) is 48.4 Å². The molecule has 0 saturated carbocycles. The quantitative estimate of drug-likeness (QED) is 0.0310. The van der Waals surface area contributed by atoms with Gasteiger partial charge in [-0.1, -0.05) is 17.3 Å². The molecule has 2 atom stereocenters. The number of nitrogens with zero attached hydrogens (tertiary/aromatic N) is 5. The molecule has 1 aliphatic rings. The lowest BCUT2D eigenvalue weighted by Crippen LogP contribution is -2.76. The van der Waals surface area contributed by atoms with Crippen molar-refractivity contribution in [3.8, 4) is 16.9 Å². The summed E-state index contributed by atoms with van der Waals surface area (Å²) in [6.45, 7) is 4.85. The lowest BCUT2D eigenvalue weighted by atomic mass is 9.84. The zero-order chi connectivity index (χ0) is 35.9. The highest BCUT2D eigenvalue weighted by Gasteiger charge is 2.58. The first kappa shape index (κ1) is 37.2. The number of hydroxylamine groups is 2. The highest BCUT2D eigenvalue weighted by Crippen LogP contribution is 2.33. The number of oxime groups is 1. The maximum absolute atomic E-state index is 13.2. The number of nitrogens with two attached hydrogens (primary N) is 3. The predicted octanol–water partition coefficient (Wildman–Crippen LogP) is -0.728. The van der Waals surface area contributed by atoms with Gasteiger partial charge in [-0.05, 0) is 51.1 Å². The van der Waals surface area contributed by atoms with Gasteiger partial charge in [0, 0.05) is 11.8 Å². The Hall–Kier alpha value is -4.67. The van der Waals surface area contributed by atoms with Gasteiger partial charge in [-0.25, -0.2) is 9.78 Å². The minimum absolute atomic E-state index is 0.0577. The van der Waals surface area contributed by atoms with Crippen LogP contribution in [0.4, 0.5) is 5.13 Å². The highest BCUT2D eigenvalue weighted by molar-refractivity contribution is 7.80. The fourth-order valence-electron chi connectivity index (χ4n) is 4.74. The Morgan fingerprint density at radius 1 is 1.18 bits per heavy atom. The average molecular weight is 725 g/mol. The van der Waals surface area contributed by atoms with E-state index in [1.54, 1.807) is 12.1 Å². The van der Waals surface area contributed by atoms with E-state index in [4.69, 9.17) is 31.3 Å². The fourth-order valence-corrected chi connectivity index (χ4v) is 5.74. The third-order valence-corrected chi connectivity index (χ3v) is 8.34. The number of benzene rings is 1. The van der Waals surface area contributed by atoms with Gasteiger partial charge in [0.25, 0.3) is 17.9 Å². The van der Waals surface area contributed by atoms with Crippen LogP contribution in [-0.4, -0.2) is 93.7 Å². The number of aryl methyl sites for hydroxylation is 2. The Labute approximate surface area is 285 Å². The molecule has 266 valence electrons. The number of anilines is 1. The third kappa shape index (κ3) is 9.28. The van der Waals surface area contributed by atoms with Gasteiger partial charge in [-0.3, -0.25) is 14.1 Å². The van der Waals surface area contributed by atoms with E-state index in [1.807, 2.05) is 24.5 Å². The first-order valence-electron chi connectivity index (χ1n) is 14.9. The first-order chi connectivity index (χ1) is 23.1. The van der Waals surface area contributed by atoms with Crippen LogP contribution in [0.15, 0.2) is 47.2 Å². The number of ether oxygens (including phenoxy) is 1. The van der Waals surface area contributed by atoms with Crippen molar-refractivity contribution >= 4 is 50.4 Å². The number of β-lactam (4-membered cyclic amide) rings is 1. The van der Waals surface area contributed by atoms with Crippen LogP contribution in [0.2, 0.25) is 0 Å².